The average molecular weight is 607 g/mol. The Morgan fingerprint density at radius 2 is 1.66 bits per heavy atom. The van der Waals surface area contributed by atoms with Crippen molar-refractivity contribution in [2.75, 3.05) is 18.6 Å². The Hall–Kier alpha value is -4.82. The number of imide groups is 1. The van der Waals surface area contributed by atoms with Gasteiger partial charge in [-0.25, -0.2) is 9.78 Å². The zero-order valence-corrected chi connectivity index (χ0v) is 24.7. The summed E-state index contributed by atoms with van der Waals surface area (Å²) in [4.78, 5) is 58.9. The smallest absolute Gasteiger partial charge is 0.339 e. The van der Waals surface area contributed by atoms with Gasteiger partial charge in [0.25, 0.3) is 0 Å². The number of methoxy groups -OCH3 is 1. The second kappa shape index (κ2) is 10.7. The molecular formula is C35H27ClN2O6. The molecule has 2 fully saturated rings. The summed E-state index contributed by atoms with van der Waals surface area (Å²) in [6.07, 6.45) is 5.01. The fraction of sp³-hybridized carbons (Fsp3) is 0.229. The quantitative estimate of drug-likeness (QED) is 0.106. The molecule has 4 aromatic rings. The van der Waals surface area contributed by atoms with Crippen LogP contribution in [0.4, 0.5) is 5.69 Å². The van der Waals surface area contributed by atoms with Gasteiger partial charge >= 0.3 is 5.97 Å². The summed E-state index contributed by atoms with van der Waals surface area (Å²) in [6, 6.07) is 18.6. The van der Waals surface area contributed by atoms with E-state index in [2.05, 4.69) is 12.2 Å². The molecule has 44 heavy (non-hydrogen) atoms. The molecule has 4 atom stereocenters. The molecule has 1 saturated heterocycles. The largest absolute Gasteiger partial charge is 0.497 e. The van der Waals surface area contributed by atoms with Crippen LogP contribution < -0.4 is 9.64 Å². The number of Topliss-reactive ketones (excluding diaryl/α,β-unsaturated/α-hetero) is 1. The molecule has 2 aliphatic carbocycles. The molecule has 1 aliphatic heterocycles. The van der Waals surface area contributed by atoms with Crippen molar-refractivity contribution in [1.29, 1.82) is 0 Å². The van der Waals surface area contributed by atoms with Crippen LogP contribution >= 0.6 is 11.6 Å². The molecule has 1 saturated carbocycles. The molecule has 0 spiro atoms. The van der Waals surface area contributed by atoms with Crippen LogP contribution in [0.1, 0.15) is 32.7 Å². The number of esters is 1. The zero-order valence-electron chi connectivity index (χ0n) is 24.0. The third kappa shape index (κ3) is 4.48. The summed E-state index contributed by atoms with van der Waals surface area (Å²) in [5.74, 6) is -1.12. The highest BCUT2D eigenvalue weighted by molar-refractivity contribution is 6.32. The van der Waals surface area contributed by atoms with Gasteiger partial charge in [-0.1, -0.05) is 54.1 Å². The molecule has 3 aromatic carbocycles. The molecule has 1 aromatic heterocycles. The van der Waals surface area contributed by atoms with Gasteiger partial charge in [-0.15, -0.1) is 0 Å². The number of hydrogen-bond acceptors (Lipinski definition) is 7. The average Bonchev–Trinajstić information content (AvgIpc) is 3.74. The maximum absolute atomic E-state index is 13.4. The Labute approximate surface area is 258 Å². The lowest BCUT2D eigenvalue weighted by molar-refractivity contribution is -0.123. The van der Waals surface area contributed by atoms with E-state index in [0.717, 1.165) is 6.42 Å². The number of anilines is 1. The number of pyridine rings is 1. The molecule has 9 heteroatoms. The number of rotatable bonds is 7. The molecule has 2 heterocycles. The minimum Gasteiger partial charge on any atom is -0.497 e. The number of hydrogen-bond donors (Lipinski definition) is 0. The van der Waals surface area contributed by atoms with Crippen molar-refractivity contribution in [3.63, 3.8) is 0 Å². The Kier molecular flexibility index (Phi) is 6.81. The van der Waals surface area contributed by atoms with Crippen molar-refractivity contribution < 1.29 is 28.7 Å². The number of carbonyl (C=O) groups is 4. The van der Waals surface area contributed by atoms with Crippen LogP contribution in [0, 0.1) is 30.6 Å². The van der Waals surface area contributed by atoms with E-state index in [-0.39, 0.29) is 46.8 Å². The van der Waals surface area contributed by atoms with Crippen LogP contribution in [0.25, 0.3) is 22.2 Å². The van der Waals surface area contributed by atoms with Crippen LogP contribution in [0.15, 0.2) is 78.9 Å². The Morgan fingerprint density at radius 3 is 2.34 bits per heavy atom. The number of ether oxygens (including phenoxy) is 2. The van der Waals surface area contributed by atoms with Crippen molar-refractivity contribution in [2.24, 2.45) is 23.7 Å². The van der Waals surface area contributed by atoms with Crippen LogP contribution in [-0.4, -0.2) is 42.3 Å². The number of amides is 2. The fourth-order valence-electron chi connectivity index (χ4n) is 6.75. The van der Waals surface area contributed by atoms with E-state index in [4.69, 9.17) is 26.1 Å². The summed E-state index contributed by atoms with van der Waals surface area (Å²) in [5, 5.41) is 1.03. The third-order valence-electron chi connectivity index (χ3n) is 9.01. The van der Waals surface area contributed by atoms with Gasteiger partial charge < -0.3 is 9.47 Å². The summed E-state index contributed by atoms with van der Waals surface area (Å²) < 4.78 is 10.7. The highest BCUT2D eigenvalue weighted by Crippen LogP contribution is 2.53. The van der Waals surface area contributed by atoms with Crippen molar-refractivity contribution in [2.45, 2.75) is 13.3 Å². The number of fused-ring (bicyclic) bond motifs is 6. The van der Waals surface area contributed by atoms with Gasteiger partial charge in [0, 0.05) is 21.5 Å². The maximum Gasteiger partial charge on any atom is 0.339 e. The Morgan fingerprint density at radius 1 is 0.955 bits per heavy atom. The molecular weight excluding hydrogens is 580 g/mol. The lowest BCUT2D eigenvalue weighted by atomic mass is 9.85. The fourth-order valence-corrected chi connectivity index (χ4v) is 6.90. The standard InChI is InChI=1S/C35H27ClN2O6/c1-18-27(36)13-12-25-26(35(42)44-17-29(39)20-4-3-5-24(15-20)43-2)16-28(37-32(18)25)19-8-10-23(11-9-19)38-33(40)30-21-6-7-22(14-21)31(30)34(38)41/h3-13,15-16,21-22,30-31H,14,17H2,1-2H3. The van der Waals surface area contributed by atoms with E-state index >= 15 is 0 Å². The number of allylic oxidation sites excluding steroid dienone is 2. The summed E-state index contributed by atoms with van der Waals surface area (Å²) in [7, 11) is 1.51. The van der Waals surface area contributed by atoms with Gasteiger partial charge in [0.05, 0.1) is 41.4 Å². The second-order valence-electron chi connectivity index (χ2n) is 11.4. The normalized spacial score (nSPS) is 21.7. The van der Waals surface area contributed by atoms with Crippen molar-refractivity contribution >= 4 is 51.8 Å². The first kappa shape index (κ1) is 28.0. The van der Waals surface area contributed by atoms with Crippen LogP contribution in [-0.2, 0) is 14.3 Å². The first-order valence-electron chi connectivity index (χ1n) is 14.4. The minimum atomic E-state index is -0.684. The van der Waals surface area contributed by atoms with Crippen molar-refractivity contribution in [3.05, 3.63) is 101 Å². The first-order chi connectivity index (χ1) is 21.2. The lowest BCUT2D eigenvalue weighted by Gasteiger charge is -2.18. The van der Waals surface area contributed by atoms with E-state index in [1.54, 1.807) is 66.7 Å². The lowest BCUT2D eigenvalue weighted by Crippen LogP contribution is -2.32. The van der Waals surface area contributed by atoms with Gasteiger partial charge in [-0.2, -0.15) is 0 Å². The number of aromatic nitrogens is 1. The van der Waals surface area contributed by atoms with E-state index in [0.29, 0.717) is 49.7 Å². The van der Waals surface area contributed by atoms with E-state index < -0.39 is 12.6 Å². The van der Waals surface area contributed by atoms with Gasteiger partial charge in [-0.3, -0.25) is 19.3 Å². The Bertz CT molecular complexity index is 1890. The van der Waals surface area contributed by atoms with E-state index in [9.17, 15) is 19.2 Å². The molecule has 2 bridgehead atoms. The van der Waals surface area contributed by atoms with E-state index in [1.165, 1.54) is 12.0 Å². The van der Waals surface area contributed by atoms with Gasteiger partial charge in [0.1, 0.15) is 5.75 Å². The molecule has 0 radical (unpaired) electrons. The predicted octanol–water partition coefficient (Wildman–Crippen LogP) is 6.22. The second-order valence-corrected chi connectivity index (χ2v) is 11.8. The molecule has 220 valence electrons. The number of benzene rings is 3. The molecule has 8 nitrogen and oxygen atoms in total. The maximum atomic E-state index is 13.4. The predicted molar refractivity (Wildman–Crippen MR) is 165 cm³/mol. The first-order valence-corrected chi connectivity index (χ1v) is 14.7. The van der Waals surface area contributed by atoms with Crippen molar-refractivity contribution in [3.8, 4) is 17.0 Å². The monoisotopic (exact) mass is 606 g/mol. The summed E-state index contributed by atoms with van der Waals surface area (Å²) in [5.41, 5.74) is 3.44. The van der Waals surface area contributed by atoms with Gasteiger partial charge in [-0.05, 0) is 67.1 Å². The number of halogens is 1. The Balaban J connectivity index is 1.18. The number of nitrogens with zero attached hydrogens (tertiary/aromatic N) is 2. The van der Waals surface area contributed by atoms with Gasteiger partial charge in [0.2, 0.25) is 11.8 Å². The molecule has 3 aliphatic rings. The topological polar surface area (TPSA) is 103 Å². The number of aryl methyl sites for hydroxylation is 1. The highest BCUT2D eigenvalue weighted by atomic mass is 35.5. The van der Waals surface area contributed by atoms with Crippen LogP contribution in [0.5, 0.6) is 5.75 Å². The number of carbonyl (C=O) groups excluding carboxylic acids is 4. The molecule has 7 rings (SSSR count). The summed E-state index contributed by atoms with van der Waals surface area (Å²) >= 11 is 6.41. The van der Waals surface area contributed by atoms with Crippen LogP contribution in [0.2, 0.25) is 5.02 Å². The molecule has 2 amide bonds. The minimum absolute atomic E-state index is 0.131. The van der Waals surface area contributed by atoms with Crippen molar-refractivity contribution in [1.82, 2.24) is 4.98 Å². The molecule has 0 N–H and O–H groups in total. The zero-order chi connectivity index (χ0) is 30.7. The molecule has 4 unspecified atom stereocenters. The summed E-state index contributed by atoms with van der Waals surface area (Å²) in [6.45, 7) is 1.36. The van der Waals surface area contributed by atoms with Crippen LogP contribution in [0.3, 0.4) is 0 Å². The third-order valence-corrected chi connectivity index (χ3v) is 9.42. The van der Waals surface area contributed by atoms with E-state index in [1.807, 2.05) is 6.92 Å². The number of ketones is 1. The van der Waals surface area contributed by atoms with Gasteiger partial charge in [0.15, 0.2) is 12.4 Å². The SMILES string of the molecule is COc1cccc(C(=O)COC(=O)c2cc(-c3ccc(N4C(=O)C5C6C=CC(C6)C5C4=O)cc3)nc3c(C)c(Cl)ccc23)c1. The highest BCUT2D eigenvalue weighted by Gasteiger charge is 2.59.